The van der Waals surface area contributed by atoms with Crippen LogP contribution in [0.5, 0.6) is 5.75 Å². The zero-order valence-corrected chi connectivity index (χ0v) is 16.9. The van der Waals surface area contributed by atoms with Crippen LogP contribution in [0, 0.1) is 0 Å². The Morgan fingerprint density at radius 3 is 2.38 bits per heavy atom. The number of benzene rings is 3. The van der Waals surface area contributed by atoms with Crippen LogP contribution < -0.4 is 4.74 Å². The van der Waals surface area contributed by atoms with Gasteiger partial charge in [-0.05, 0) is 64.2 Å². The van der Waals surface area contributed by atoms with E-state index in [1.54, 1.807) is 0 Å². The fourth-order valence-electron chi connectivity index (χ4n) is 3.31. The quantitative estimate of drug-likeness (QED) is 0.223. The highest BCUT2D eigenvalue weighted by Gasteiger charge is 2.07. The van der Waals surface area contributed by atoms with E-state index in [4.69, 9.17) is 14.6 Å². The molecule has 0 atom stereocenters. The summed E-state index contributed by atoms with van der Waals surface area (Å²) in [6, 6.07) is 17.1. The lowest BCUT2D eigenvalue weighted by molar-refractivity contribution is -0.140. The Balaban J connectivity index is 1.66. The number of unbranched alkanes of at least 4 members (excludes halogenated alkanes) is 2. The van der Waals surface area contributed by atoms with Gasteiger partial charge in [0.25, 0.3) is 0 Å². The second kappa shape index (κ2) is 10.1. The van der Waals surface area contributed by atoms with Crippen LogP contribution in [0.4, 0.5) is 0 Å². The van der Waals surface area contributed by atoms with E-state index in [1.807, 2.05) is 18.2 Å². The number of ether oxygens (including phenoxy) is 2. The molecule has 0 saturated heterocycles. The zero-order valence-electron chi connectivity index (χ0n) is 16.9. The highest BCUT2D eigenvalue weighted by Crippen LogP contribution is 2.27. The van der Waals surface area contributed by atoms with E-state index in [9.17, 15) is 4.79 Å². The number of aryl methyl sites for hydroxylation is 1. The summed E-state index contributed by atoms with van der Waals surface area (Å²) in [5.41, 5.74) is 1.43. The van der Waals surface area contributed by atoms with Gasteiger partial charge in [-0.25, -0.2) is 4.79 Å². The van der Waals surface area contributed by atoms with Crippen LogP contribution in [0.15, 0.2) is 60.7 Å². The van der Waals surface area contributed by atoms with Gasteiger partial charge in [-0.1, -0.05) is 50.6 Å². The molecule has 4 nitrogen and oxygen atoms in total. The van der Waals surface area contributed by atoms with Gasteiger partial charge in [0.15, 0.2) is 0 Å². The Kier molecular flexibility index (Phi) is 7.25. The molecule has 0 heterocycles. The van der Waals surface area contributed by atoms with Crippen molar-refractivity contribution in [2.45, 2.75) is 32.6 Å². The molecule has 0 saturated carbocycles. The number of hydrogen-bond donors (Lipinski definition) is 1. The molecule has 3 aromatic rings. The number of fused-ring (bicyclic) bond motifs is 2. The third-order valence-corrected chi connectivity index (χ3v) is 4.97. The van der Waals surface area contributed by atoms with Gasteiger partial charge in [-0.15, -0.1) is 0 Å². The highest BCUT2D eigenvalue weighted by molar-refractivity contribution is 5.98. The fourth-order valence-corrected chi connectivity index (χ4v) is 3.31. The molecule has 0 bridgehead atoms. The Bertz CT molecular complexity index is 1010. The van der Waals surface area contributed by atoms with Gasteiger partial charge in [-0.2, -0.15) is 0 Å². The minimum Gasteiger partial charge on any atom is -0.490 e. The van der Waals surface area contributed by atoms with Gasteiger partial charge in [0.05, 0.1) is 12.2 Å². The summed E-state index contributed by atoms with van der Waals surface area (Å²) in [5.74, 6) is 0.125. The molecule has 0 radical (unpaired) electrons. The maximum absolute atomic E-state index is 11.4. The summed E-state index contributed by atoms with van der Waals surface area (Å²) in [6.07, 6.45) is 4.88. The number of carbonyl (C=O) groups is 1. The Morgan fingerprint density at radius 1 is 0.931 bits per heavy atom. The standard InChI is InChI=1S/C25H28O4/c1-3-4-5-6-19-7-8-20-15-23-16-24(10-9-21(23)14-22(20)13-19)28-11-12-29-25(27)18(2)17-26/h7-10,13-16,26H,2-6,11-12,17H2,1H3. The molecular weight excluding hydrogens is 364 g/mol. The number of hydrogen-bond acceptors (Lipinski definition) is 4. The maximum Gasteiger partial charge on any atom is 0.335 e. The first-order chi connectivity index (χ1) is 14.1. The Labute approximate surface area is 171 Å². The van der Waals surface area contributed by atoms with Crippen molar-refractivity contribution in [1.82, 2.24) is 0 Å². The number of carbonyl (C=O) groups excluding carboxylic acids is 1. The molecular formula is C25H28O4. The van der Waals surface area contributed by atoms with Crippen molar-refractivity contribution in [3.8, 4) is 5.75 Å². The normalized spacial score (nSPS) is 11.0. The summed E-state index contributed by atoms with van der Waals surface area (Å²) < 4.78 is 10.7. The minimum atomic E-state index is -0.602. The summed E-state index contributed by atoms with van der Waals surface area (Å²) in [6.45, 7) is 5.60. The first-order valence-electron chi connectivity index (χ1n) is 10.2. The van der Waals surface area contributed by atoms with Crippen molar-refractivity contribution in [2.75, 3.05) is 19.8 Å². The van der Waals surface area contributed by atoms with Crippen molar-refractivity contribution < 1.29 is 19.4 Å². The first kappa shape index (κ1) is 20.9. The van der Waals surface area contributed by atoms with Gasteiger partial charge in [0.2, 0.25) is 0 Å². The van der Waals surface area contributed by atoms with E-state index in [-0.39, 0.29) is 18.8 Å². The molecule has 1 N–H and O–H groups in total. The van der Waals surface area contributed by atoms with Crippen LogP contribution >= 0.6 is 0 Å². The van der Waals surface area contributed by atoms with Gasteiger partial charge in [-0.3, -0.25) is 0 Å². The highest BCUT2D eigenvalue weighted by atomic mass is 16.6. The number of aliphatic hydroxyl groups is 1. The summed E-state index contributed by atoms with van der Waals surface area (Å²) in [7, 11) is 0. The van der Waals surface area contributed by atoms with Crippen molar-refractivity contribution >= 4 is 27.5 Å². The average Bonchev–Trinajstić information content (AvgIpc) is 2.74. The SMILES string of the molecule is C=C(CO)C(=O)OCCOc1ccc2cc3cc(CCCCC)ccc3cc2c1. The predicted octanol–water partition coefficient (Wildman–Crippen LogP) is 5.20. The van der Waals surface area contributed by atoms with Crippen molar-refractivity contribution in [3.63, 3.8) is 0 Å². The molecule has 152 valence electrons. The molecule has 0 aromatic heterocycles. The average molecular weight is 392 g/mol. The summed E-state index contributed by atoms with van der Waals surface area (Å²) in [4.78, 5) is 11.4. The third kappa shape index (κ3) is 5.58. The predicted molar refractivity (Wildman–Crippen MR) is 117 cm³/mol. The molecule has 0 aliphatic carbocycles. The van der Waals surface area contributed by atoms with E-state index < -0.39 is 12.6 Å². The lowest BCUT2D eigenvalue weighted by atomic mass is 9.99. The van der Waals surface area contributed by atoms with E-state index >= 15 is 0 Å². The first-order valence-corrected chi connectivity index (χ1v) is 10.2. The molecule has 0 spiro atoms. The minimum absolute atomic E-state index is 0.0381. The summed E-state index contributed by atoms with van der Waals surface area (Å²) in [5, 5.41) is 13.6. The van der Waals surface area contributed by atoms with E-state index in [0.717, 1.165) is 17.6 Å². The van der Waals surface area contributed by atoms with Crippen molar-refractivity contribution in [1.29, 1.82) is 0 Å². The monoisotopic (exact) mass is 392 g/mol. The van der Waals surface area contributed by atoms with E-state index in [1.165, 1.54) is 41.0 Å². The van der Waals surface area contributed by atoms with Crippen LogP contribution in [0.3, 0.4) is 0 Å². The van der Waals surface area contributed by atoms with Gasteiger partial charge >= 0.3 is 5.97 Å². The molecule has 0 fully saturated rings. The van der Waals surface area contributed by atoms with Crippen LogP contribution in [0.1, 0.15) is 31.7 Å². The van der Waals surface area contributed by atoms with E-state index in [0.29, 0.717) is 0 Å². The molecule has 0 aliphatic heterocycles. The zero-order chi connectivity index (χ0) is 20.6. The molecule has 0 aliphatic rings. The second-order valence-electron chi connectivity index (χ2n) is 7.25. The molecule has 4 heteroatoms. The van der Waals surface area contributed by atoms with Crippen LogP contribution in [-0.4, -0.2) is 30.9 Å². The summed E-state index contributed by atoms with van der Waals surface area (Å²) >= 11 is 0. The maximum atomic E-state index is 11.4. The lowest BCUT2D eigenvalue weighted by Gasteiger charge is -2.10. The third-order valence-electron chi connectivity index (χ3n) is 4.97. The Hall–Kier alpha value is -2.85. The fraction of sp³-hybridized carbons (Fsp3) is 0.320. The molecule has 3 rings (SSSR count). The van der Waals surface area contributed by atoms with Crippen LogP contribution in [-0.2, 0) is 16.0 Å². The van der Waals surface area contributed by atoms with Crippen LogP contribution in [0.25, 0.3) is 21.5 Å². The van der Waals surface area contributed by atoms with Gasteiger partial charge in [0.1, 0.15) is 19.0 Å². The second-order valence-corrected chi connectivity index (χ2v) is 7.25. The van der Waals surface area contributed by atoms with E-state index in [2.05, 4.69) is 43.8 Å². The van der Waals surface area contributed by atoms with Gasteiger partial charge in [0, 0.05) is 0 Å². The van der Waals surface area contributed by atoms with Crippen LogP contribution in [0.2, 0.25) is 0 Å². The smallest absolute Gasteiger partial charge is 0.335 e. The molecule has 29 heavy (non-hydrogen) atoms. The number of esters is 1. The van der Waals surface area contributed by atoms with Crippen molar-refractivity contribution in [3.05, 3.63) is 66.2 Å². The van der Waals surface area contributed by atoms with Gasteiger partial charge < -0.3 is 14.6 Å². The lowest BCUT2D eigenvalue weighted by Crippen LogP contribution is -2.14. The molecule has 0 unspecified atom stereocenters. The largest absolute Gasteiger partial charge is 0.490 e. The number of rotatable bonds is 10. The molecule has 3 aromatic carbocycles. The Morgan fingerprint density at radius 2 is 1.66 bits per heavy atom. The van der Waals surface area contributed by atoms with Crippen molar-refractivity contribution in [2.24, 2.45) is 0 Å². The number of aliphatic hydroxyl groups excluding tert-OH is 1. The molecule has 0 amide bonds. The topological polar surface area (TPSA) is 55.8 Å².